The number of benzene rings is 1. The number of aromatic nitrogens is 1. The number of carbonyl (C=O) groups is 3. The van der Waals surface area contributed by atoms with Crippen LogP contribution in [0.5, 0.6) is 0 Å². The second kappa shape index (κ2) is 6.73. The van der Waals surface area contributed by atoms with E-state index in [9.17, 15) is 14.4 Å². The number of hydrogen-bond acceptors (Lipinski definition) is 4. The minimum atomic E-state index is -1.20. The average Bonchev–Trinajstić information content (AvgIpc) is 2.96. The molecular formula is C15H14LiN3O4. The van der Waals surface area contributed by atoms with E-state index in [2.05, 4.69) is 10.6 Å². The average molecular weight is 307 g/mol. The molecule has 1 aromatic heterocycles. The van der Waals surface area contributed by atoms with E-state index in [1.54, 1.807) is 30.3 Å². The summed E-state index contributed by atoms with van der Waals surface area (Å²) in [6.07, 6.45) is 0. The fourth-order valence-electron chi connectivity index (χ4n) is 2.37. The summed E-state index contributed by atoms with van der Waals surface area (Å²) in [4.78, 5) is 35.7. The molecular weight excluding hydrogens is 293 g/mol. The van der Waals surface area contributed by atoms with Gasteiger partial charge in [-0.25, -0.2) is 4.79 Å². The van der Waals surface area contributed by atoms with Crippen LogP contribution in [0.15, 0.2) is 42.5 Å². The maximum atomic E-state index is 12.4. The molecule has 0 spiro atoms. The van der Waals surface area contributed by atoms with E-state index in [1.165, 1.54) is 12.1 Å². The van der Waals surface area contributed by atoms with Crippen molar-refractivity contribution in [1.29, 1.82) is 0 Å². The van der Waals surface area contributed by atoms with E-state index in [0.717, 1.165) is 4.57 Å². The number of aromatic carboxylic acids is 1. The molecule has 23 heavy (non-hydrogen) atoms. The Bertz CT molecular complexity index is 757. The molecule has 2 heterocycles. The van der Waals surface area contributed by atoms with Crippen LogP contribution < -0.4 is 10.6 Å². The molecule has 1 aromatic carbocycles. The van der Waals surface area contributed by atoms with Gasteiger partial charge in [-0.1, -0.05) is 18.2 Å². The molecule has 0 aliphatic carbocycles. The Kier molecular flexibility index (Phi) is 4.94. The van der Waals surface area contributed by atoms with Crippen molar-refractivity contribution in [3.63, 3.8) is 0 Å². The number of amides is 1. The number of fused-ring (bicyclic) bond motifs is 1. The van der Waals surface area contributed by atoms with Crippen LogP contribution in [0.25, 0.3) is 0 Å². The van der Waals surface area contributed by atoms with E-state index in [-0.39, 0.29) is 37.0 Å². The first kappa shape index (κ1) is 16.9. The van der Waals surface area contributed by atoms with Gasteiger partial charge in [0.05, 0.1) is 0 Å². The Hall–Kier alpha value is -2.49. The molecule has 1 unspecified atom stereocenters. The van der Waals surface area contributed by atoms with Crippen molar-refractivity contribution in [1.82, 2.24) is 9.88 Å². The van der Waals surface area contributed by atoms with Gasteiger partial charge in [0.15, 0.2) is 0 Å². The Balaban J connectivity index is 0.00000192. The number of hydrogen-bond donors (Lipinski definition) is 3. The van der Waals surface area contributed by atoms with Gasteiger partial charge in [-0.3, -0.25) is 14.2 Å². The van der Waals surface area contributed by atoms with Gasteiger partial charge in [0.2, 0.25) is 0 Å². The predicted octanol–water partition coefficient (Wildman–Crippen LogP) is 0.402. The van der Waals surface area contributed by atoms with Gasteiger partial charge >= 0.3 is 24.8 Å². The molecule has 3 N–H and O–H groups in total. The number of anilines is 1. The van der Waals surface area contributed by atoms with Gasteiger partial charge in [0.25, 0.3) is 11.8 Å². The van der Waals surface area contributed by atoms with Crippen molar-refractivity contribution in [2.45, 2.75) is 6.04 Å². The molecule has 0 radical (unpaired) electrons. The zero-order valence-corrected chi connectivity index (χ0v) is 11.4. The molecule has 114 valence electrons. The summed E-state index contributed by atoms with van der Waals surface area (Å²) in [5.41, 5.74) is 0.304. The molecule has 1 aliphatic heterocycles. The second-order valence-electron chi connectivity index (χ2n) is 4.86. The number of rotatable bonds is 3. The Labute approximate surface area is 143 Å². The summed E-state index contributed by atoms with van der Waals surface area (Å²) >= 11 is 0. The van der Waals surface area contributed by atoms with Crippen LogP contribution in [0.1, 0.15) is 25.6 Å². The van der Waals surface area contributed by atoms with E-state index < -0.39 is 17.9 Å². The summed E-state index contributed by atoms with van der Waals surface area (Å²) in [5.74, 6) is -1.64. The molecule has 1 atom stereocenters. The molecule has 1 amide bonds. The third-order valence-electron chi connectivity index (χ3n) is 3.45. The van der Waals surface area contributed by atoms with Crippen LogP contribution >= 0.6 is 0 Å². The van der Waals surface area contributed by atoms with Crippen molar-refractivity contribution in [2.24, 2.45) is 0 Å². The van der Waals surface area contributed by atoms with Crippen molar-refractivity contribution in [3.05, 3.63) is 53.7 Å². The fourth-order valence-corrected chi connectivity index (χ4v) is 2.37. The van der Waals surface area contributed by atoms with Crippen LogP contribution in [0, 0.1) is 0 Å². The van der Waals surface area contributed by atoms with Crippen LogP contribution in [0.3, 0.4) is 0 Å². The van der Waals surface area contributed by atoms with Crippen molar-refractivity contribution < 1.29 is 19.5 Å². The molecule has 2 aromatic rings. The fraction of sp³-hybridized carbons (Fsp3) is 0.133. The standard InChI is InChI=1S/C15H13N3O4.Li.H/c19-13(9-4-2-1-3-5-9)17-10-8-16-12-7-6-11(15(21)22)18(12)14(10)20;;/h1-7,10,16H,8H2,(H,17,19)(H,21,22);;. The molecule has 1 aliphatic rings. The first-order valence-corrected chi connectivity index (χ1v) is 6.67. The SMILES string of the molecule is O=C(NC1CNc2ccc(C(=O)O)n2C1=O)c1ccccc1.[LiH]. The summed E-state index contributed by atoms with van der Waals surface area (Å²) in [6, 6.07) is 10.6. The molecule has 0 fully saturated rings. The van der Waals surface area contributed by atoms with Crippen LogP contribution in [0.2, 0.25) is 0 Å². The minimum absolute atomic E-state index is 0. The number of nitrogens with zero attached hydrogens (tertiary/aromatic N) is 1. The van der Waals surface area contributed by atoms with Gasteiger partial charge in [0, 0.05) is 12.1 Å². The molecule has 0 bridgehead atoms. The molecule has 0 saturated heterocycles. The van der Waals surface area contributed by atoms with Crippen molar-refractivity contribution in [3.8, 4) is 0 Å². The van der Waals surface area contributed by atoms with Crippen molar-refractivity contribution in [2.75, 3.05) is 11.9 Å². The monoisotopic (exact) mass is 307 g/mol. The Morgan fingerprint density at radius 1 is 1.17 bits per heavy atom. The third kappa shape index (κ3) is 3.16. The first-order valence-electron chi connectivity index (χ1n) is 6.67. The van der Waals surface area contributed by atoms with Gasteiger partial charge in [-0.05, 0) is 24.3 Å². The van der Waals surface area contributed by atoms with Gasteiger partial charge < -0.3 is 15.7 Å². The molecule has 8 heteroatoms. The zero-order valence-electron chi connectivity index (χ0n) is 11.4. The maximum absolute atomic E-state index is 12.4. The second-order valence-corrected chi connectivity index (χ2v) is 4.86. The number of carbonyl (C=O) groups excluding carboxylic acids is 2. The van der Waals surface area contributed by atoms with Gasteiger partial charge in [-0.15, -0.1) is 0 Å². The number of nitrogens with one attached hydrogen (secondary N) is 2. The summed E-state index contributed by atoms with van der Waals surface area (Å²) < 4.78 is 1.07. The van der Waals surface area contributed by atoms with Gasteiger partial charge in [-0.2, -0.15) is 0 Å². The zero-order chi connectivity index (χ0) is 15.7. The van der Waals surface area contributed by atoms with E-state index >= 15 is 0 Å². The topological polar surface area (TPSA) is 100 Å². The van der Waals surface area contributed by atoms with Crippen LogP contribution in [-0.2, 0) is 0 Å². The number of carboxylic acids is 1. The van der Waals surface area contributed by atoms with E-state index in [4.69, 9.17) is 5.11 Å². The normalized spacial score (nSPS) is 15.8. The van der Waals surface area contributed by atoms with Crippen LogP contribution in [0.4, 0.5) is 5.82 Å². The Morgan fingerprint density at radius 2 is 1.87 bits per heavy atom. The van der Waals surface area contributed by atoms with Crippen molar-refractivity contribution >= 4 is 42.5 Å². The molecule has 7 nitrogen and oxygen atoms in total. The number of carboxylic acid groups (broad SMARTS) is 1. The Morgan fingerprint density at radius 3 is 2.52 bits per heavy atom. The quantitative estimate of drug-likeness (QED) is 0.713. The summed E-state index contributed by atoms with van der Waals surface area (Å²) in [6.45, 7) is 0.209. The van der Waals surface area contributed by atoms with Crippen LogP contribution in [-0.4, -0.2) is 58.9 Å². The summed E-state index contributed by atoms with van der Waals surface area (Å²) in [7, 11) is 0. The third-order valence-corrected chi connectivity index (χ3v) is 3.45. The first-order chi connectivity index (χ1) is 10.6. The van der Waals surface area contributed by atoms with E-state index in [1.807, 2.05) is 0 Å². The van der Waals surface area contributed by atoms with E-state index in [0.29, 0.717) is 11.4 Å². The molecule has 3 rings (SSSR count). The summed E-state index contributed by atoms with van der Waals surface area (Å²) in [5, 5.41) is 14.7. The predicted molar refractivity (Wildman–Crippen MR) is 85.4 cm³/mol. The van der Waals surface area contributed by atoms with Gasteiger partial charge in [0.1, 0.15) is 17.6 Å². The molecule has 0 saturated carbocycles.